The summed E-state index contributed by atoms with van der Waals surface area (Å²) in [5, 5.41) is 0. The number of fused-ring (bicyclic) bond motifs is 1. The molecular weight excluding hydrogens is 112 g/mol. The van der Waals surface area contributed by atoms with Gasteiger partial charge in [0.25, 0.3) is 0 Å². The SMILES string of the molecule is C=C1[C@@H]2[C@@H](OC)C=C[C@H]12. The van der Waals surface area contributed by atoms with Gasteiger partial charge in [0, 0.05) is 18.9 Å². The van der Waals surface area contributed by atoms with E-state index in [2.05, 4.69) is 18.7 Å². The maximum Gasteiger partial charge on any atom is 0.0826 e. The van der Waals surface area contributed by atoms with E-state index in [1.54, 1.807) is 7.11 Å². The van der Waals surface area contributed by atoms with Gasteiger partial charge in [-0.1, -0.05) is 24.3 Å². The van der Waals surface area contributed by atoms with Crippen LogP contribution in [0.25, 0.3) is 0 Å². The van der Waals surface area contributed by atoms with Crippen LogP contribution in [-0.2, 0) is 4.74 Å². The molecule has 1 saturated carbocycles. The molecule has 0 saturated heterocycles. The minimum atomic E-state index is 0.336. The van der Waals surface area contributed by atoms with Crippen molar-refractivity contribution in [2.24, 2.45) is 11.8 Å². The molecule has 0 bridgehead atoms. The quantitative estimate of drug-likeness (QED) is 0.477. The summed E-state index contributed by atoms with van der Waals surface area (Å²) >= 11 is 0. The zero-order valence-corrected chi connectivity index (χ0v) is 5.50. The van der Waals surface area contributed by atoms with E-state index in [-0.39, 0.29) is 0 Å². The van der Waals surface area contributed by atoms with E-state index in [4.69, 9.17) is 4.74 Å². The van der Waals surface area contributed by atoms with Crippen LogP contribution in [0.4, 0.5) is 0 Å². The van der Waals surface area contributed by atoms with Crippen molar-refractivity contribution in [1.29, 1.82) is 0 Å². The van der Waals surface area contributed by atoms with Gasteiger partial charge < -0.3 is 4.74 Å². The number of allylic oxidation sites excluding steroid dienone is 1. The standard InChI is InChI=1S/C8H10O/c1-5-6-3-4-7(9-2)8(5)6/h3-4,6-8H,1H2,2H3/t6-,7+,8+/m1/s1. The average molecular weight is 122 g/mol. The summed E-state index contributed by atoms with van der Waals surface area (Å²) in [6.07, 6.45) is 4.66. The van der Waals surface area contributed by atoms with Crippen LogP contribution in [0.15, 0.2) is 24.3 Å². The largest absolute Gasteiger partial charge is 0.377 e. The Hall–Kier alpha value is -0.560. The molecule has 48 valence electrons. The van der Waals surface area contributed by atoms with Crippen LogP contribution < -0.4 is 0 Å². The van der Waals surface area contributed by atoms with Gasteiger partial charge in [0.05, 0.1) is 6.10 Å². The van der Waals surface area contributed by atoms with Gasteiger partial charge in [0.15, 0.2) is 0 Å². The molecule has 0 aliphatic heterocycles. The zero-order valence-electron chi connectivity index (χ0n) is 5.50. The average Bonchev–Trinajstić information content (AvgIpc) is 2.41. The van der Waals surface area contributed by atoms with Crippen LogP contribution >= 0.6 is 0 Å². The molecule has 0 aromatic heterocycles. The molecule has 0 radical (unpaired) electrons. The normalized spacial score (nSPS) is 45.4. The number of methoxy groups -OCH3 is 1. The molecule has 2 rings (SSSR count). The molecular formula is C8H10O. The fraction of sp³-hybridized carbons (Fsp3) is 0.500. The van der Waals surface area contributed by atoms with Crippen molar-refractivity contribution < 1.29 is 4.74 Å². The molecule has 0 unspecified atom stereocenters. The highest BCUT2D eigenvalue weighted by Crippen LogP contribution is 2.52. The summed E-state index contributed by atoms with van der Waals surface area (Å²) in [4.78, 5) is 0. The molecule has 9 heavy (non-hydrogen) atoms. The van der Waals surface area contributed by atoms with E-state index in [1.165, 1.54) is 5.57 Å². The van der Waals surface area contributed by atoms with Gasteiger partial charge in [-0.15, -0.1) is 0 Å². The first kappa shape index (κ1) is 5.24. The van der Waals surface area contributed by atoms with E-state index in [9.17, 15) is 0 Å². The Morgan fingerprint density at radius 1 is 1.56 bits per heavy atom. The highest BCUT2D eigenvalue weighted by molar-refractivity contribution is 5.40. The lowest BCUT2D eigenvalue weighted by molar-refractivity contribution is 0.129. The van der Waals surface area contributed by atoms with Crippen molar-refractivity contribution >= 4 is 0 Å². The first-order valence-corrected chi connectivity index (χ1v) is 3.24. The second-order valence-corrected chi connectivity index (χ2v) is 2.71. The summed E-state index contributed by atoms with van der Waals surface area (Å²) in [6.45, 7) is 3.92. The molecule has 1 fully saturated rings. The van der Waals surface area contributed by atoms with Crippen LogP contribution in [-0.4, -0.2) is 13.2 Å². The van der Waals surface area contributed by atoms with E-state index in [0.717, 1.165) is 0 Å². The van der Waals surface area contributed by atoms with Crippen LogP contribution in [0.1, 0.15) is 0 Å². The first-order valence-electron chi connectivity index (χ1n) is 3.24. The molecule has 1 heteroatoms. The number of ether oxygens (including phenoxy) is 1. The lowest BCUT2D eigenvalue weighted by Crippen LogP contribution is -2.06. The summed E-state index contributed by atoms with van der Waals surface area (Å²) in [6, 6.07) is 0. The highest BCUT2D eigenvalue weighted by Gasteiger charge is 2.48. The van der Waals surface area contributed by atoms with Crippen LogP contribution in [0.2, 0.25) is 0 Å². The summed E-state index contributed by atoms with van der Waals surface area (Å²) < 4.78 is 5.19. The van der Waals surface area contributed by atoms with Crippen molar-refractivity contribution in [3.63, 3.8) is 0 Å². The third kappa shape index (κ3) is 0.527. The Kier molecular flexibility index (Phi) is 0.862. The Balaban J connectivity index is 2.16. The Bertz CT molecular complexity index is 181. The number of rotatable bonds is 1. The molecule has 0 spiro atoms. The maximum atomic E-state index is 5.19. The van der Waals surface area contributed by atoms with E-state index < -0.39 is 0 Å². The molecule has 1 nitrogen and oxygen atoms in total. The molecule has 2 aliphatic rings. The molecule has 3 atom stereocenters. The number of hydrogen-bond acceptors (Lipinski definition) is 1. The van der Waals surface area contributed by atoms with E-state index >= 15 is 0 Å². The van der Waals surface area contributed by atoms with Crippen molar-refractivity contribution in [1.82, 2.24) is 0 Å². The molecule has 2 aliphatic carbocycles. The maximum absolute atomic E-state index is 5.19. The van der Waals surface area contributed by atoms with Gasteiger partial charge in [0.1, 0.15) is 0 Å². The van der Waals surface area contributed by atoms with Crippen molar-refractivity contribution in [2.75, 3.05) is 7.11 Å². The fourth-order valence-corrected chi connectivity index (χ4v) is 1.59. The molecule has 0 heterocycles. The van der Waals surface area contributed by atoms with Gasteiger partial charge in [-0.25, -0.2) is 0 Å². The first-order chi connectivity index (χ1) is 4.34. The molecule has 0 aromatic rings. The summed E-state index contributed by atoms with van der Waals surface area (Å²) in [7, 11) is 1.75. The zero-order chi connectivity index (χ0) is 6.43. The highest BCUT2D eigenvalue weighted by atomic mass is 16.5. The van der Waals surface area contributed by atoms with Crippen LogP contribution in [0.3, 0.4) is 0 Å². The molecule has 0 aromatic carbocycles. The second-order valence-electron chi connectivity index (χ2n) is 2.71. The smallest absolute Gasteiger partial charge is 0.0826 e. The van der Waals surface area contributed by atoms with E-state index in [0.29, 0.717) is 17.9 Å². The van der Waals surface area contributed by atoms with Gasteiger partial charge >= 0.3 is 0 Å². The number of hydrogen-bond donors (Lipinski definition) is 0. The lowest BCUT2D eigenvalue weighted by Gasteiger charge is -2.03. The Morgan fingerprint density at radius 3 is 2.67 bits per heavy atom. The lowest BCUT2D eigenvalue weighted by atomic mass is 10.2. The van der Waals surface area contributed by atoms with Crippen molar-refractivity contribution in [3.05, 3.63) is 24.3 Å². The van der Waals surface area contributed by atoms with Crippen molar-refractivity contribution in [3.8, 4) is 0 Å². The minimum absolute atomic E-state index is 0.336. The second kappa shape index (κ2) is 1.48. The predicted molar refractivity (Wildman–Crippen MR) is 36.1 cm³/mol. The molecule has 0 amide bonds. The van der Waals surface area contributed by atoms with Gasteiger partial charge in [-0.2, -0.15) is 0 Å². The van der Waals surface area contributed by atoms with Crippen molar-refractivity contribution in [2.45, 2.75) is 6.10 Å². The summed E-state index contributed by atoms with van der Waals surface area (Å²) in [5.41, 5.74) is 1.35. The van der Waals surface area contributed by atoms with Crippen LogP contribution in [0, 0.1) is 11.8 Å². The van der Waals surface area contributed by atoms with Crippen LogP contribution in [0.5, 0.6) is 0 Å². The topological polar surface area (TPSA) is 9.23 Å². The Labute approximate surface area is 55.0 Å². The third-order valence-corrected chi connectivity index (χ3v) is 2.27. The monoisotopic (exact) mass is 122 g/mol. The molecule has 0 N–H and O–H groups in total. The van der Waals surface area contributed by atoms with Gasteiger partial charge in [0.2, 0.25) is 0 Å². The summed E-state index contributed by atoms with van der Waals surface area (Å²) in [5.74, 6) is 1.30. The minimum Gasteiger partial charge on any atom is -0.377 e. The van der Waals surface area contributed by atoms with E-state index in [1.807, 2.05) is 0 Å². The van der Waals surface area contributed by atoms with Gasteiger partial charge in [-0.3, -0.25) is 0 Å². The fourth-order valence-electron chi connectivity index (χ4n) is 1.59. The third-order valence-electron chi connectivity index (χ3n) is 2.27. The van der Waals surface area contributed by atoms with Gasteiger partial charge in [-0.05, 0) is 0 Å². The predicted octanol–water partition coefficient (Wildman–Crippen LogP) is 1.37. The Morgan fingerprint density at radius 2 is 2.33 bits per heavy atom.